The van der Waals surface area contributed by atoms with Gasteiger partial charge >= 0.3 is 0 Å². The van der Waals surface area contributed by atoms with Crippen LogP contribution in [0.15, 0.2) is 42.0 Å². The number of phenolic OH excluding ortho intramolecular Hbond substituents is 1. The Morgan fingerprint density at radius 2 is 1.65 bits per heavy atom. The van der Waals surface area contributed by atoms with Crippen LogP contribution in [-0.4, -0.2) is 25.1 Å². The number of allylic oxidation sites excluding steroid dienone is 1. The highest BCUT2D eigenvalue weighted by Gasteiger charge is 2.24. The summed E-state index contributed by atoms with van der Waals surface area (Å²) < 4.78 is 10.6. The van der Waals surface area contributed by atoms with Gasteiger partial charge in [0.25, 0.3) is 0 Å². The maximum Gasteiger partial charge on any atom is 0.189 e. The Bertz CT molecular complexity index is 773. The van der Waals surface area contributed by atoms with Crippen LogP contribution < -0.4 is 9.47 Å². The number of methoxy groups -OCH3 is 2. The highest BCUT2D eigenvalue weighted by molar-refractivity contribution is 6.13. The minimum Gasteiger partial charge on any atom is -0.508 e. The number of aromatic hydroxyl groups is 1. The van der Waals surface area contributed by atoms with Crippen molar-refractivity contribution in [2.45, 2.75) is 12.8 Å². The molecular formula is C19H18O4. The summed E-state index contributed by atoms with van der Waals surface area (Å²) >= 11 is 0. The Morgan fingerprint density at radius 1 is 1.00 bits per heavy atom. The van der Waals surface area contributed by atoms with Crippen molar-refractivity contribution in [3.8, 4) is 17.2 Å². The van der Waals surface area contributed by atoms with Crippen molar-refractivity contribution in [1.82, 2.24) is 0 Å². The molecule has 0 heterocycles. The Balaban J connectivity index is 1.98. The van der Waals surface area contributed by atoms with Gasteiger partial charge in [0.1, 0.15) is 5.75 Å². The van der Waals surface area contributed by atoms with Gasteiger partial charge in [0.2, 0.25) is 0 Å². The SMILES string of the molecule is COc1cc2c(cc1OC)C(=O)/C(=C/c1ccc(O)cc1)CC2. The van der Waals surface area contributed by atoms with Crippen LogP contribution in [0.1, 0.15) is 27.9 Å². The van der Waals surface area contributed by atoms with E-state index >= 15 is 0 Å². The minimum atomic E-state index is 0.0141. The quantitative estimate of drug-likeness (QED) is 0.880. The summed E-state index contributed by atoms with van der Waals surface area (Å²) in [5.74, 6) is 1.43. The maximum atomic E-state index is 12.7. The molecule has 2 aromatic rings. The number of carbonyl (C=O) groups excluding carboxylic acids is 1. The molecule has 0 aromatic heterocycles. The average molecular weight is 310 g/mol. The molecule has 0 radical (unpaired) electrons. The van der Waals surface area contributed by atoms with Crippen molar-refractivity contribution in [2.24, 2.45) is 0 Å². The summed E-state index contributed by atoms with van der Waals surface area (Å²) in [6.07, 6.45) is 3.34. The lowest BCUT2D eigenvalue weighted by molar-refractivity contribution is 0.102. The molecule has 0 aliphatic heterocycles. The van der Waals surface area contributed by atoms with Gasteiger partial charge in [0.15, 0.2) is 17.3 Å². The first kappa shape index (κ1) is 15.2. The summed E-state index contributed by atoms with van der Waals surface area (Å²) in [5, 5.41) is 9.34. The molecule has 0 saturated carbocycles. The number of phenols is 1. The molecule has 1 aliphatic carbocycles. The molecule has 23 heavy (non-hydrogen) atoms. The third-order valence-corrected chi connectivity index (χ3v) is 4.04. The van der Waals surface area contributed by atoms with Crippen molar-refractivity contribution >= 4 is 11.9 Å². The molecule has 3 rings (SSSR count). The van der Waals surface area contributed by atoms with Gasteiger partial charge in [-0.2, -0.15) is 0 Å². The number of Topliss-reactive ketones (excluding diaryl/α,β-unsaturated/α-hetero) is 1. The van der Waals surface area contributed by atoms with Gasteiger partial charge in [-0.05, 0) is 54.3 Å². The number of ether oxygens (including phenoxy) is 2. The third-order valence-electron chi connectivity index (χ3n) is 4.04. The van der Waals surface area contributed by atoms with Gasteiger partial charge < -0.3 is 14.6 Å². The van der Waals surface area contributed by atoms with E-state index in [0.717, 1.165) is 23.1 Å². The van der Waals surface area contributed by atoms with E-state index in [4.69, 9.17) is 9.47 Å². The second-order valence-corrected chi connectivity index (χ2v) is 5.45. The van der Waals surface area contributed by atoms with Crippen molar-refractivity contribution in [3.05, 3.63) is 58.7 Å². The lowest BCUT2D eigenvalue weighted by Crippen LogP contribution is -2.14. The predicted molar refractivity (Wildman–Crippen MR) is 88.3 cm³/mol. The Kier molecular flexibility index (Phi) is 4.06. The molecule has 1 N–H and O–H groups in total. The lowest BCUT2D eigenvalue weighted by Gasteiger charge is -2.20. The fourth-order valence-corrected chi connectivity index (χ4v) is 2.80. The third kappa shape index (κ3) is 2.93. The van der Waals surface area contributed by atoms with E-state index in [1.807, 2.05) is 12.1 Å². The van der Waals surface area contributed by atoms with Gasteiger partial charge in [-0.3, -0.25) is 4.79 Å². The Morgan fingerprint density at radius 3 is 2.30 bits per heavy atom. The van der Waals surface area contributed by atoms with Gasteiger partial charge in [-0.25, -0.2) is 0 Å². The summed E-state index contributed by atoms with van der Waals surface area (Å²) in [5.41, 5.74) is 3.31. The molecule has 1 aliphatic rings. The molecule has 4 heteroatoms. The fourth-order valence-electron chi connectivity index (χ4n) is 2.80. The van der Waals surface area contributed by atoms with E-state index in [1.165, 1.54) is 0 Å². The van der Waals surface area contributed by atoms with E-state index in [0.29, 0.717) is 23.5 Å². The fraction of sp³-hybridized carbons (Fsp3) is 0.211. The number of ketones is 1. The second-order valence-electron chi connectivity index (χ2n) is 5.45. The molecule has 4 nitrogen and oxygen atoms in total. The highest BCUT2D eigenvalue weighted by atomic mass is 16.5. The number of fused-ring (bicyclic) bond motifs is 1. The minimum absolute atomic E-state index is 0.0141. The van der Waals surface area contributed by atoms with Crippen LogP contribution in [0.4, 0.5) is 0 Å². The molecule has 0 atom stereocenters. The van der Waals surface area contributed by atoms with Crippen LogP contribution >= 0.6 is 0 Å². The van der Waals surface area contributed by atoms with Gasteiger partial charge in [0.05, 0.1) is 14.2 Å². The number of benzene rings is 2. The van der Waals surface area contributed by atoms with Gasteiger partial charge in [-0.1, -0.05) is 12.1 Å². The average Bonchev–Trinajstić information content (AvgIpc) is 2.58. The van der Waals surface area contributed by atoms with Crippen molar-refractivity contribution in [1.29, 1.82) is 0 Å². The molecule has 2 aromatic carbocycles. The van der Waals surface area contributed by atoms with Crippen LogP contribution in [0.3, 0.4) is 0 Å². The largest absolute Gasteiger partial charge is 0.508 e. The van der Waals surface area contributed by atoms with E-state index < -0.39 is 0 Å². The molecule has 0 bridgehead atoms. The first-order chi connectivity index (χ1) is 11.1. The summed E-state index contributed by atoms with van der Waals surface area (Å²) in [6.45, 7) is 0. The number of hydrogen-bond donors (Lipinski definition) is 1. The predicted octanol–water partition coefficient (Wildman–Crippen LogP) is 3.62. The monoisotopic (exact) mass is 310 g/mol. The maximum absolute atomic E-state index is 12.7. The summed E-state index contributed by atoms with van der Waals surface area (Å²) in [7, 11) is 3.15. The molecule has 118 valence electrons. The van der Waals surface area contributed by atoms with Crippen molar-refractivity contribution < 1.29 is 19.4 Å². The Labute approximate surface area is 135 Å². The van der Waals surface area contributed by atoms with E-state index in [9.17, 15) is 9.90 Å². The van der Waals surface area contributed by atoms with Gasteiger partial charge in [0, 0.05) is 11.1 Å². The number of hydrogen-bond acceptors (Lipinski definition) is 4. The number of rotatable bonds is 3. The second kappa shape index (κ2) is 6.16. The molecular weight excluding hydrogens is 292 g/mol. The van der Waals surface area contributed by atoms with E-state index in [-0.39, 0.29) is 11.5 Å². The first-order valence-electron chi connectivity index (χ1n) is 7.41. The molecule has 0 unspecified atom stereocenters. The standard InChI is InChI=1S/C19H18O4/c1-22-17-10-13-5-6-14(9-12-3-7-15(20)8-4-12)19(21)16(13)11-18(17)23-2/h3-4,7-11,20H,5-6H2,1-2H3/b14-9+. The highest BCUT2D eigenvalue weighted by Crippen LogP contribution is 2.35. The van der Waals surface area contributed by atoms with Gasteiger partial charge in [-0.15, -0.1) is 0 Å². The van der Waals surface area contributed by atoms with Crippen molar-refractivity contribution in [2.75, 3.05) is 14.2 Å². The molecule has 0 spiro atoms. The Hall–Kier alpha value is -2.75. The smallest absolute Gasteiger partial charge is 0.189 e. The molecule has 0 fully saturated rings. The van der Waals surface area contributed by atoms with Crippen LogP contribution in [0.2, 0.25) is 0 Å². The molecule has 0 amide bonds. The summed E-state index contributed by atoms with van der Waals surface area (Å²) in [6, 6.07) is 10.4. The number of aryl methyl sites for hydroxylation is 1. The number of carbonyl (C=O) groups is 1. The topological polar surface area (TPSA) is 55.8 Å². The van der Waals surface area contributed by atoms with Crippen LogP contribution in [0.25, 0.3) is 6.08 Å². The van der Waals surface area contributed by atoms with Crippen LogP contribution in [-0.2, 0) is 6.42 Å². The van der Waals surface area contributed by atoms with Crippen LogP contribution in [0, 0.1) is 0 Å². The zero-order valence-electron chi connectivity index (χ0n) is 13.1. The van der Waals surface area contributed by atoms with E-state index in [2.05, 4.69) is 0 Å². The van der Waals surface area contributed by atoms with Crippen molar-refractivity contribution in [3.63, 3.8) is 0 Å². The normalized spacial score (nSPS) is 15.4. The zero-order chi connectivity index (χ0) is 16.4. The zero-order valence-corrected chi connectivity index (χ0v) is 13.1. The molecule has 0 saturated heterocycles. The first-order valence-corrected chi connectivity index (χ1v) is 7.41. The van der Waals surface area contributed by atoms with Crippen LogP contribution in [0.5, 0.6) is 17.2 Å². The van der Waals surface area contributed by atoms with E-state index in [1.54, 1.807) is 44.6 Å². The summed E-state index contributed by atoms with van der Waals surface area (Å²) in [4.78, 5) is 12.7. The lowest BCUT2D eigenvalue weighted by atomic mass is 9.85.